The highest BCUT2D eigenvalue weighted by molar-refractivity contribution is 9.10. The van der Waals surface area contributed by atoms with Crippen LogP contribution in [0.1, 0.15) is 5.56 Å². The van der Waals surface area contributed by atoms with Crippen molar-refractivity contribution in [3.63, 3.8) is 0 Å². The first-order valence-corrected chi connectivity index (χ1v) is 9.76. The number of hydrogen-bond donors (Lipinski definition) is 2. The fraction of sp³-hybridized carbons (Fsp3) is 0.105. The van der Waals surface area contributed by atoms with Gasteiger partial charge in [-0.1, -0.05) is 15.9 Å². The van der Waals surface area contributed by atoms with E-state index in [0.29, 0.717) is 21.9 Å². The maximum atomic E-state index is 12.9. The van der Waals surface area contributed by atoms with Crippen molar-refractivity contribution in [1.82, 2.24) is 4.90 Å². The number of hydrogen-bond acceptors (Lipinski definition) is 6. The number of nitrogens with zero attached hydrogens (tertiary/aromatic N) is 1. The Bertz CT molecular complexity index is 1030. The number of thioether (sulfide) groups is 1. The summed E-state index contributed by atoms with van der Waals surface area (Å²) in [5.74, 6) is -1.70. The van der Waals surface area contributed by atoms with E-state index >= 15 is 0 Å². The van der Waals surface area contributed by atoms with Gasteiger partial charge in [0.2, 0.25) is 5.91 Å². The van der Waals surface area contributed by atoms with Gasteiger partial charge in [-0.15, -0.1) is 0 Å². The number of carbonyl (C=O) groups excluding carboxylic acids is 3. The fourth-order valence-corrected chi connectivity index (χ4v) is 3.80. The normalized spacial score (nSPS) is 15.1. The van der Waals surface area contributed by atoms with Crippen LogP contribution in [-0.2, 0) is 9.59 Å². The van der Waals surface area contributed by atoms with Gasteiger partial charge >= 0.3 is 0 Å². The Hall–Kier alpha value is -2.85. The van der Waals surface area contributed by atoms with Crippen LogP contribution in [0, 0.1) is 5.82 Å². The second-order valence-electron chi connectivity index (χ2n) is 5.87. The van der Waals surface area contributed by atoms with E-state index in [1.807, 2.05) is 0 Å². The van der Waals surface area contributed by atoms with Gasteiger partial charge in [-0.2, -0.15) is 0 Å². The van der Waals surface area contributed by atoms with Crippen LogP contribution in [0.25, 0.3) is 6.08 Å². The molecule has 0 saturated carbocycles. The predicted octanol–water partition coefficient (Wildman–Crippen LogP) is 3.98. The minimum absolute atomic E-state index is 0.0556. The molecular weight excluding hydrogens is 467 g/mol. The number of phenols is 1. The molecule has 7 nitrogen and oxygen atoms in total. The number of ether oxygens (including phenoxy) is 1. The third-order valence-corrected chi connectivity index (χ3v) is 5.24. The van der Waals surface area contributed by atoms with Gasteiger partial charge < -0.3 is 15.2 Å². The van der Waals surface area contributed by atoms with Crippen LogP contribution in [0.15, 0.2) is 45.8 Å². The molecule has 0 aliphatic carbocycles. The lowest BCUT2D eigenvalue weighted by Gasteiger charge is -2.12. The number of carbonyl (C=O) groups is 3. The second-order valence-corrected chi connectivity index (χ2v) is 7.78. The third-order valence-electron chi connectivity index (χ3n) is 3.88. The number of phenolic OH excluding ortho intramolecular Hbond substituents is 1. The Morgan fingerprint density at radius 1 is 1.31 bits per heavy atom. The van der Waals surface area contributed by atoms with Crippen LogP contribution in [-0.4, -0.2) is 40.7 Å². The molecule has 3 rings (SSSR count). The number of anilines is 1. The lowest BCUT2D eigenvalue weighted by atomic mass is 10.1. The summed E-state index contributed by atoms with van der Waals surface area (Å²) in [7, 11) is 1.39. The van der Waals surface area contributed by atoms with Crippen LogP contribution in [0.4, 0.5) is 14.9 Å². The van der Waals surface area contributed by atoms with Crippen molar-refractivity contribution >= 4 is 56.5 Å². The maximum Gasteiger partial charge on any atom is 0.294 e. The number of aromatic hydroxyl groups is 1. The Morgan fingerprint density at radius 2 is 2.00 bits per heavy atom. The van der Waals surface area contributed by atoms with Crippen LogP contribution in [0.5, 0.6) is 11.5 Å². The van der Waals surface area contributed by atoms with Crippen LogP contribution >= 0.6 is 27.7 Å². The van der Waals surface area contributed by atoms with Crippen molar-refractivity contribution in [2.45, 2.75) is 0 Å². The molecule has 1 aliphatic rings. The lowest BCUT2D eigenvalue weighted by molar-refractivity contribution is -0.127. The third kappa shape index (κ3) is 4.77. The molecule has 0 atom stereocenters. The lowest BCUT2D eigenvalue weighted by Crippen LogP contribution is -2.36. The number of amides is 3. The zero-order valence-electron chi connectivity index (χ0n) is 14.9. The Balaban J connectivity index is 1.76. The van der Waals surface area contributed by atoms with E-state index in [4.69, 9.17) is 4.74 Å². The quantitative estimate of drug-likeness (QED) is 0.628. The van der Waals surface area contributed by atoms with E-state index < -0.39 is 29.4 Å². The molecule has 1 aliphatic heterocycles. The van der Waals surface area contributed by atoms with E-state index in [2.05, 4.69) is 21.2 Å². The average molecular weight is 481 g/mol. The molecule has 2 N–H and O–H groups in total. The van der Waals surface area contributed by atoms with E-state index in [9.17, 15) is 23.9 Å². The summed E-state index contributed by atoms with van der Waals surface area (Å²) in [4.78, 5) is 37.8. The number of rotatable bonds is 5. The molecule has 3 amide bonds. The zero-order chi connectivity index (χ0) is 21.1. The number of halogens is 2. The molecule has 10 heteroatoms. The molecule has 1 saturated heterocycles. The SMILES string of the molecule is COc1cc(Br)cc(/C=C2\SC(=O)N(CC(=O)Nc3ccc(F)cc3)C2=O)c1O. The largest absolute Gasteiger partial charge is 0.504 e. The first-order valence-electron chi connectivity index (χ1n) is 8.15. The molecule has 0 spiro atoms. The van der Waals surface area contributed by atoms with Crippen molar-refractivity contribution < 1.29 is 28.6 Å². The highest BCUT2D eigenvalue weighted by atomic mass is 79.9. The molecule has 150 valence electrons. The van der Waals surface area contributed by atoms with Gasteiger partial charge in [0.15, 0.2) is 11.5 Å². The molecule has 0 unspecified atom stereocenters. The van der Waals surface area contributed by atoms with Crippen LogP contribution in [0.2, 0.25) is 0 Å². The Labute approximate surface area is 177 Å². The van der Waals surface area contributed by atoms with E-state index in [0.717, 1.165) is 4.90 Å². The Morgan fingerprint density at radius 3 is 2.66 bits per heavy atom. The van der Waals surface area contributed by atoms with Crippen molar-refractivity contribution in [1.29, 1.82) is 0 Å². The van der Waals surface area contributed by atoms with Gasteiger partial charge in [-0.05, 0) is 54.2 Å². The number of benzene rings is 2. The minimum atomic E-state index is -0.660. The molecule has 0 bridgehead atoms. The monoisotopic (exact) mass is 480 g/mol. The molecule has 1 heterocycles. The van der Waals surface area contributed by atoms with Crippen molar-refractivity contribution in [3.05, 3.63) is 57.2 Å². The van der Waals surface area contributed by atoms with Gasteiger partial charge in [0.25, 0.3) is 11.1 Å². The zero-order valence-corrected chi connectivity index (χ0v) is 17.3. The van der Waals surface area contributed by atoms with E-state index in [-0.39, 0.29) is 22.0 Å². The minimum Gasteiger partial charge on any atom is -0.504 e. The summed E-state index contributed by atoms with van der Waals surface area (Å²) in [5, 5.41) is 12.1. The van der Waals surface area contributed by atoms with Crippen LogP contribution < -0.4 is 10.1 Å². The molecule has 1 fully saturated rings. The second kappa shape index (κ2) is 8.66. The molecule has 2 aromatic carbocycles. The summed E-state index contributed by atoms with van der Waals surface area (Å²) in [5.41, 5.74) is 0.613. The van der Waals surface area contributed by atoms with E-state index in [1.54, 1.807) is 12.1 Å². The smallest absolute Gasteiger partial charge is 0.294 e. The number of imide groups is 1. The summed E-state index contributed by atoms with van der Waals surface area (Å²) in [6.45, 7) is -0.493. The van der Waals surface area contributed by atoms with Crippen molar-refractivity contribution in [2.75, 3.05) is 19.0 Å². The average Bonchev–Trinajstić information content (AvgIpc) is 2.93. The first kappa shape index (κ1) is 20.9. The van der Waals surface area contributed by atoms with E-state index in [1.165, 1.54) is 37.5 Å². The van der Waals surface area contributed by atoms with Gasteiger partial charge in [0.05, 0.1) is 12.0 Å². The summed E-state index contributed by atoms with van der Waals surface area (Å²) in [6, 6.07) is 8.20. The summed E-state index contributed by atoms with van der Waals surface area (Å²) < 4.78 is 18.6. The molecular formula is C19H14BrFN2O5S. The highest BCUT2D eigenvalue weighted by Gasteiger charge is 2.36. The first-order chi connectivity index (χ1) is 13.8. The number of nitrogens with one attached hydrogen (secondary N) is 1. The number of methoxy groups -OCH3 is 1. The van der Waals surface area contributed by atoms with Crippen LogP contribution in [0.3, 0.4) is 0 Å². The fourth-order valence-electron chi connectivity index (χ4n) is 2.51. The highest BCUT2D eigenvalue weighted by Crippen LogP contribution is 2.38. The summed E-state index contributed by atoms with van der Waals surface area (Å²) in [6.07, 6.45) is 1.35. The molecule has 0 aromatic heterocycles. The van der Waals surface area contributed by atoms with Crippen molar-refractivity contribution in [2.24, 2.45) is 0 Å². The topological polar surface area (TPSA) is 95.9 Å². The maximum absolute atomic E-state index is 12.9. The Kier molecular flexibility index (Phi) is 6.23. The predicted molar refractivity (Wildman–Crippen MR) is 110 cm³/mol. The molecule has 0 radical (unpaired) electrons. The van der Waals surface area contributed by atoms with Gasteiger partial charge in [-0.3, -0.25) is 19.3 Å². The van der Waals surface area contributed by atoms with Crippen molar-refractivity contribution in [3.8, 4) is 11.5 Å². The summed E-state index contributed by atoms with van der Waals surface area (Å²) >= 11 is 3.94. The molecule has 2 aromatic rings. The molecule has 29 heavy (non-hydrogen) atoms. The van der Waals surface area contributed by atoms with Gasteiger partial charge in [0.1, 0.15) is 12.4 Å². The standard InChI is InChI=1S/C19H14BrFN2O5S/c1-28-14-8-11(20)6-10(17(14)25)7-15-18(26)23(19(27)29-15)9-16(24)22-13-4-2-12(21)3-5-13/h2-8,25H,9H2,1H3,(H,22,24)/b15-7-. The van der Waals surface area contributed by atoms with Gasteiger partial charge in [0, 0.05) is 15.7 Å². The van der Waals surface area contributed by atoms with Gasteiger partial charge in [-0.25, -0.2) is 4.39 Å².